The van der Waals surface area contributed by atoms with Crippen LogP contribution in [0.5, 0.6) is 0 Å². The van der Waals surface area contributed by atoms with E-state index in [0.717, 1.165) is 22.2 Å². The first-order valence-corrected chi connectivity index (χ1v) is 5.90. The van der Waals surface area contributed by atoms with Crippen molar-refractivity contribution in [3.63, 3.8) is 0 Å². The first-order chi connectivity index (χ1) is 8.56. The molecule has 0 unspecified atom stereocenters. The van der Waals surface area contributed by atoms with E-state index in [1.807, 2.05) is 0 Å². The lowest BCUT2D eigenvalue weighted by atomic mass is 10.0. The Balaban J connectivity index is 2.13. The molecule has 0 aliphatic carbocycles. The van der Waals surface area contributed by atoms with Gasteiger partial charge in [-0.25, -0.2) is 9.18 Å². The molecule has 1 aliphatic rings. The Morgan fingerprint density at radius 3 is 3.00 bits per heavy atom. The number of rotatable bonds is 0. The van der Waals surface area contributed by atoms with Crippen molar-refractivity contribution in [2.75, 3.05) is 6.54 Å². The Hall–Kier alpha value is -1.75. The van der Waals surface area contributed by atoms with Crippen LogP contribution in [0, 0.1) is 5.82 Å². The number of aromatic nitrogens is 1. The first-order valence-electron chi connectivity index (χ1n) is 5.52. The molecule has 94 valence electrons. The molecule has 2 aromatic rings. The fourth-order valence-corrected chi connectivity index (χ4v) is 2.56. The smallest absolute Gasteiger partial charge is 0.407 e. The van der Waals surface area contributed by atoms with Gasteiger partial charge in [0, 0.05) is 23.1 Å². The van der Waals surface area contributed by atoms with E-state index in [0.29, 0.717) is 19.5 Å². The molecule has 2 N–H and O–H groups in total. The number of fused-ring (bicyclic) bond motifs is 3. The molecule has 4 nitrogen and oxygen atoms in total. The number of nitrogens with one attached hydrogen (secondary N) is 1. The summed E-state index contributed by atoms with van der Waals surface area (Å²) in [6.45, 7) is 0.734. The van der Waals surface area contributed by atoms with Gasteiger partial charge in [0.25, 0.3) is 0 Å². The fourth-order valence-electron chi connectivity index (χ4n) is 2.40. The standard InChI is InChI=1S/C12H10ClFN2O2/c13-8-4-10-7(3-9(8)14)6-1-2-16(12(17)18)5-11(6)15-10/h3-4,15H,1-2,5H2,(H,17,18). The summed E-state index contributed by atoms with van der Waals surface area (Å²) in [4.78, 5) is 15.4. The number of carboxylic acid groups (broad SMARTS) is 1. The highest BCUT2D eigenvalue weighted by atomic mass is 35.5. The number of hydrogen-bond acceptors (Lipinski definition) is 1. The minimum atomic E-state index is -0.941. The van der Waals surface area contributed by atoms with Crippen LogP contribution in [0.15, 0.2) is 12.1 Å². The van der Waals surface area contributed by atoms with E-state index in [2.05, 4.69) is 4.98 Å². The third kappa shape index (κ3) is 1.62. The van der Waals surface area contributed by atoms with E-state index < -0.39 is 11.9 Å². The summed E-state index contributed by atoms with van der Waals surface area (Å²) >= 11 is 5.73. The Kier molecular flexibility index (Phi) is 2.45. The zero-order valence-electron chi connectivity index (χ0n) is 9.33. The van der Waals surface area contributed by atoms with Gasteiger partial charge in [-0.05, 0) is 24.1 Å². The zero-order valence-corrected chi connectivity index (χ0v) is 10.1. The molecule has 0 spiro atoms. The molecule has 1 aliphatic heterocycles. The summed E-state index contributed by atoms with van der Waals surface area (Å²) < 4.78 is 13.5. The van der Waals surface area contributed by atoms with E-state index in [-0.39, 0.29) is 5.02 Å². The van der Waals surface area contributed by atoms with Gasteiger partial charge in [0.2, 0.25) is 0 Å². The van der Waals surface area contributed by atoms with Crippen LogP contribution >= 0.6 is 11.6 Å². The van der Waals surface area contributed by atoms with E-state index >= 15 is 0 Å². The van der Waals surface area contributed by atoms with Gasteiger partial charge in [-0.2, -0.15) is 0 Å². The van der Waals surface area contributed by atoms with Crippen LogP contribution in [0.4, 0.5) is 9.18 Å². The molecule has 1 aromatic carbocycles. The molecule has 1 amide bonds. The second kappa shape index (κ2) is 3.88. The normalized spacial score (nSPS) is 14.9. The maximum absolute atomic E-state index is 13.5. The second-order valence-electron chi connectivity index (χ2n) is 4.35. The van der Waals surface area contributed by atoms with E-state index in [4.69, 9.17) is 16.7 Å². The Morgan fingerprint density at radius 1 is 1.50 bits per heavy atom. The van der Waals surface area contributed by atoms with Crippen molar-refractivity contribution in [1.82, 2.24) is 9.88 Å². The van der Waals surface area contributed by atoms with Crippen molar-refractivity contribution >= 4 is 28.6 Å². The van der Waals surface area contributed by atoms with E-state index in [1.165, 1.54) is 17.0 Å². The highest BCUT2D eigenvalue weighted by Crippen LogP contribution is 2.30. The average Bonchev–Trinajstić information content (AvgIpc) is 2.66. The largest absolute Gasteiger partial charge is 0.465 e. The summed E-state index contributed by atoms with van der Waals surface area (Å²) in [5.74, 6) is -0.452. The molecule has 0 atom stereocenters. The van der Waals surface area contributed by atoms with Gasteiger partial charge in [0.15, 0.2) is 0 Å². The third-order valence-electron chi connectivity index (χ3n) is 3.29. The highest BCUT2D eigenvalue weighted by molar-refractivity contribution is 6.31. The van der Waals surface area contributed by atoms with E-state index in [9.17, 15) is 9.18 Å². The van der Waals surface area contributed by atoms with Gasteiger partial charge in [-0.3, -0.25) is 0 Å². The van der Waals surface area contributed by atoms with Crippen LogP contribution in [0.2, 0.25) is 5.02 Å². The highest BCUT2D eigenvalue weighted by Gasteiger charge is 2.23. The lowest BCUT2D eigenvalue weighted by molar-refractivity contribution is 0.139. The number of aromatic amines is 1. The molecule has 18 heavy (non-hydrogen) atoms. The van der Waals surface area contributed by atoms with Crippen LogP contribution < -0.4 is 0 Å². The predicted molar refractivity (Wildman–Crippen MR) is 65.4 cm³/mol. The summed E-state index contributed by atoms with van der Waals surface area (Å²) in [6.07, 6.45) is -0.355. The summed E-state index contributed by atoms with van der Waals surface area (Å²) in [5.41, 5.74) is 2.55. The topological polar surface area (TPSA) is 56.3 Å². The summed E-state index contributed by atoms with van der Waals surface area (Å²) in [7, 11) is 0. The lowest BCUT2D eigenvalue weighted by Gasteiger charge is -2.24. The minimum Gasteiger partial charge on any atom is -0.465 e. The number of nitrogens with zero attached hydrogens (tertiary/aromatic N) is 1. The Bertz CT molecular complexity index is 653. The molecule has 0 saturated carbocycles. The van der Waals surface area contributed by atoms with Crippen LogP contribution in [0.25, 0.3) is 10.9 Å². The van der Waals surface area contributed by atoms with Gasteiger partial charge in [-0.15, -0.1) is 0 Å². The first kappa shape index (κ1) is 11.3. The van der Waals surface area contributed by atoms with Crippen molar-refractivity contribution in [1.29, 1.82) is 0 Å². The molecule has 1 aromatic heterocycles. The molecular formula is C12H10ClFN2O2. The molecule has 0 fully saturated rings. The number of benzene rings is 1. The number of carbonyl (C=O) groups is 1. The molecule has 2 heterocycles. The van der Waals surface area contributed by atoms with Crippen molar-refractivity contribution in [3.8, 4) is 0 Å². The van der Waals surface area contributed by atoms with Crippen molar-refractivity contribution < 1.29 is 14.3 Å². The second-order valence-corrected chi connectivity index (χ2v) is 4.76. The number of amides is 1. The molecular weight excluding hydrogens is 259 g/mol. The number of halogens is 2. The monoisotopic (exact) mass is 268 g/mol. The Morgan fingerprint density at radius 2 is 2.28 bits per heavy atom. The van der Waals surface area contributed by atoms with Gasteiger partial charge < -0.3 is 15.0 Å². The number of hydrogen-bond donors (Lipinski definition) is 2. The quantitative estimate of drug-likeness (QED) is 0.772. The molecule has 0 saturated heterocycles. The van der Waals surface area contributed by atoms with Gasteiger partial charge in [-0.1, -0.05) is 11.6 Å². The zero-order chi connectivity index (χ0) is 12.9. The Labute approximate surface area is 107 Å². The molecule has 0 radical (unpaired) electrons. The predicted octanol–water partition coefficient (Wildman–Crippen LogP) is 3.00. The van der Waals surface area contributed by atoms with Crippen molar-refractivity contribution in [3.05, 3.63) is 34.2 Å². The summed E-state index contributed by atoms with van der Waals surface area (Å²) in [5, 5.41) is 9.81. The van der Waals surface area contributed by atoms with E-state index in [1.54, 1.807) is 0 Å². The van der Waals surface area contributed by atoms with Crippen LogP contribution in [-0.4, -0.2) is 27.6 Å². The van der Waals surface area contributed by atoms with Crippen LogP contribution in [-0.2, 0) is 13.0 Å². The van der Waals surface area contributed by atoms with Gasteiger partial charge in [0.1, 0.15) is 5.82 Å². The fraction of sp³-hybridized carbons (Fsp3) is 0.250. The van der Waals surface area contributed by atoms with Crippen molar-refractivity contribution in [2.45, 2.75) is 13.0 Å². The summed E-state index contributed by atoms with van der Waals surface area (Å²) in [6, 6.07) is 2.94. The molecule has 6 heteroatoms. The lowest BCUT2D eigenvalue weighted by Crippen LogP contribution is -2.34. The third-order valence-corrected chi connectivity index (χ3v) is 3.58. The van der Waals surface area contributed by atoms with Crippen LogP contribution in [0.1, 0.15) is 11.3 Å². The maximum Gasteiger partial charge on any atom is 0.407 e. The van der Waals surface area contributed by atoms with Crippen molar-refractivity contribution in [2.24, 2.45) is 0 Å². The minimum absolute atomic E-state index is 0.0659. The average molecular weight is 269 g/mol. The number of H-pyrrole nitrogens is 1. The van der Waals surface area contributed by atoms with Gasteiger partial charge in [0.05, 0.1) is 11.6 Å². The SMILES string of the molecule is O=C(O)N1CCc2c([nH]c3cc(Cl)c(F)cc23)C1. The molecule has 3 rings (SSSR count). The van der Waals surface area contributed by atoms with Crippen LogP contribution in [0.3, 0.4) is 0 Å². The maximum atomic E-state index is 13.5. The van der Waals surface area contributed by atoms with Gasteiger partial charge >= 0.3 is 6.09 Å². The molecule has 0 bridgehead atoms.